The van der Waals surface area contributed by atoms with Gasteiger partial charge in [0.1, 0.15) is 0 Å². The van der Waals surface area contributed by atoms with Crippen molar-refractivity contribution in [2.24, 2.45) is 5.92 Å². The third kappa shape index (κ3) is 4.69. The van der Waals surface area contributed by atoms with Gasteiger partial charge in [0.05, 0.1) is 17.2 Å². The van der Waals surface area contributed by atoms with Crippen LogP contribution in [0.3, 0.4) is 0 Å². The molecule has 0 N–H and O–H groups in total. The van der Waals surface area contributed by atoms with Crippen LogP contribution in [0.1, 0.15) is 52.0 Å². The number of rotatable bonds is 5. The topological polar surface area (TPSA) is 71.1 Å². The molecule has 0 saturated carbocycles. The first kappa shape index (κ1) is 19.0. The van der Waals surface area contributed by atoms with Crippen LogP contribution in [0.4, 0.5) is 4.79 Å². The number of hydrogen-bond acceptors (Lipinski definition) is 6. The van der Waals surface area contributed by atoms with Gasteiger partial charge in [-0.2, -0.15) is 0 Å². The molecule has 1 aromatic rings. The number of benzene rings is 1. The van der Waals surface area contributed by atoms with Gasteiger partial charge in [0.15, 0.2) is 0 Å². The molecule has 0 heterocycles. The van der Waals surface area contributed by atoms with Gasteiger partial charge in [0, 0.05) is 0 Å². The van der Waals surface area contributed by atoms with Gasteiger partial charge in [-0.3, -0.25) is 4.89 Å². The normalized spacial score (nSPS) is 10.6. The largest absolute Gasteiger partial charge is 0.543 e. The third-order valence-corrected chi connectivity index (χ3v) is 3.95. The van der Waals surface area contributed by atoms with E-state index in [4.69, 9.17) is 4.74 Å². The van der Waals surface area contributed by atoms with E-state index in [0.29, 0.717) is 5.56 Å². The Bertz CT molecular complexity index is 575. The van der Waals surface area contributed by atoms with Gasteiger partial charge in [-0.25, -0.2) is 14.5 Å². The molecule has 0 aromatic heterocycles. The smallest absolute Gasteiger partial charge is 0.432 e. The fourth-order valence-electron chi connectivity index (χ4n) is 2.18. The molecule has 0 atom stereocenters. The average Bonchev–Trinajstić information content (AvgIpc) is 2.49. The fourth-order valence-corrected chi connectivity index (χ4v) is 2.18. The minimum Gasteiger partial charge on any atom is -0.432 e. The molecule has 23 heavy (non-hydrogen) atoms. The van der Waals surface area contributed by atoms with Crippen LogP contribution in [0.25, 0.3) is 0 Å². The Kier molecular flexibility index (Phi) is 6.57. The number of carbonyl (C=O) groups is 2. The highest BCUT2D eigenvalue weighted by Gasteiger charge is 2.21. The minimum absolute atomic E-state index is 0.161. The van der Waals surface area contributed by atoms with Gasteiger partial charge in [-0.05, 0) is 68.4 Å². The molecule has 0 bridgehead atoms. The molecular weight excluding hydrogens is 300 g/mol. The molecule has 0 aliphatic heterocycles. The molecule has 6 heteroatoms. The van der Waals surface area contributed by atoms with Gasteiger partial charge < -0.3 is 4.74 Å². The van der Waals surface area contributed by atoms with Crippen molar-refractivity contribution in [3.63, 3.8) is 0 Å². The standard InChI is InChI=1S/C17H24O6/c1-9(2)8-20-17(19)22-23-21-16(18)15-13(6)11(4)10(3)12(5)14(15)7/h9H,8H2,1-7H3. The van der Waals surface area contributed by atoms with Crippen LogP contribution in [0.2, 0.25) is 0 Å². The summed E-state index contributed by atoms with van der Waals surface area (Å²) in [6, 6.07) is 0. The molecule has 0 aliphatic rings. The fraction of sp³-hybridized carbons (Fsp3) is 0.529. The van der Waals surface area contributed by atoms with Gasteiger partial charge in [0.2, 0.25) is 0 Å². The number of carbonyl (C=O) groups excluding carboxylic acids is 2. The zero-order valence-electron chi connectivity index (χ0n) is 14.7. The molecule has 0 saturated heterocycles. The summed E-state index contributed by atoms with van der Waals surface area (Å²) < 4.78 is 4.71. The predicted molar refractivity (Wildman–Crippen MR) is 83.9 cm³/mol. The molecule has 1 rings (SSSR count). The van der Waals surface area contributed by atoms with Crippen molar-refractivity contribution in [3.05, 3.63) is 33.4 Å². The molecular formula is C17H24O6. The minimum atomic E-state index is -1.06. The molecule has 0 unspecified atom stereocenters. The quantitative estimate of drug-likeness (QED) is 0.462. The Morgan fingerprint density at radius 3 is 1.78 bits per heavy atom. The van der Waals surface area contributed by atoms with E-state index in [0.717, 1.165) is 27.8 Å². The third-order valence-electron chi connectivity index (χ3n) is 3.95. The first-order chi connectivity index (χ1) is 10.7. The number of hydrogen-bond donors (Lipinski definition) is 0. The zero-order chi connectivity index (χ0) is 17.7. The molecule has 1 aromatic carbocycles. The predicted octanol–water partition coefficient (Wildman–Crippen LogP) is 4.04. The lowest BCUT2D eigenvalue weighted by Crippen LogP contribution is -2.16. The highest BCUT2D eigenvalue weighted by atomic mass is 17.5. The van der Waals surface area contributed by atoms with E-state index in [1.165, 1.54) is 0 Å². The van der Waals surface area contributed by atoms with Crippen molar-refractivity contribution < 1.29 is 29.1 Å². The van der Waals surface area contributed by atoms with Crippen molar-refractivity contribution >= 4 is 12.1 Å². The molecule has 128 valence electrons. The van der Waals surface area contributed by atoms with Crippen molar-refractivity contribution in [1.82, 2.24) is 0 Å². The lowest BCUT2D eigenvalue weighted by atomic mass is 9.90. The summed E-state index contributed by atoms with van der Waals surface area (Å²) in [5.74, 6) is -0.559. The van der Waals surface area contributed by atoms with Crippen LogP contribution in [0.15, 0.2) is 0 Å². The monoisotopic (exact) mass is 324 g/mol. The van der Waals surface area contributed by atoms with Gasteiger partial charge >= 0.3 is 12.1 Å². The second kappa shape index (κ2) is 7.97. The van der Waals surface area contributed by atoms with Crippen LogP contribution < -0.4 is 0 Å². The van der Waals surface area contributed by atoms with E-state index >= 15 is 0 Å². The Morgan fingerprint density at radius 2 is 1.30 bits per heavy atom. The van der Waals surface area contributed by atoms with Crippen LogP contribution >= 0.6 is 0 Å². The first-order valence-electron chi connectivity index (χ1n) is 7.46. The summed E-state index contributed by atoms with van der Waals surface area (Å²) >= 11 is 0. The number of ether oxygens (including phenoxy) is 1. The van der Waals surface area contributed by atoms with E-state index in [9.17, 15) is 9.59 Å². The van der Waals surface area contributed by atoms with Crippen molar-refractivity contribution in [2.45, 2.75) is 48.5 Å². The van der Waals surface area contributed by atoms with Crippen LogP contribution in [0, 0.1) is 40.5 Å². The van der Waals surface area contributed by atoms with Gasteiger partial charge in [0.25, 0.3) is 0 Å². The summed E-state index contributed by atoms with van der Waals surface area (Å²) in [5.41, 5.74) is 5.17. The molecule has 0 aliphatic carbocycles. The molecule has 0 fully saturated rings. The summed E-state index contributed by atoms with van der Waals surface area (Å²) in [6.45, 7) is 13.5. The van der Waals surface area contributed by atoms with Gasteiger partial charge in [-0.15, -0.1) is 0 Å². The van der Waals surface area contributed by atoms with Crippen molar-refractivity contribution in [3.8, 4) is 0 Å². The Morgan fingerprint density at radius 1 is 0.826 bits per heavy atom. The Balaban J connectivity index is 2.71. The highest BCUT2D eigenvalue weighted by molar-refractivity contribution is 5.93. The van der Waals surface area contributed by atoms with Crippen molar-refractivity contribution in [1.29, 1.82) is 0 Å². The second-order valence-electron chi connectivity index (χ2n) is 5.98. The Labute approximate surface area is 136 Å². The van der Waals surface area contributed by atoms with Crippen LogP contribution in [-0.4, -0.2) is 18.7 Å². The second-order valence-corrected chi connectivity index (χ2v) is 5.98. The average molecular weight is 324 g/mol. The zero-order valence-corrected chi connectivity index (χ0v) is 14.7. The summed E-state index contributed by atoms with van der Waals surface area (Å²) in [7, 11) is 0. The summed E-state index contributed by atoms with van der Waals surface area (Å²) in [5, 5.41) is 4.24. The first-order valence-corrected chi connectivity index (χ1v) is 7.46. The summed E-state index contributed by atoms with van der Waals surface area (Å²) in [4.78, 5) is 32.2. The van der Waals surface area contributed by atoms with Crippen molar-refractivity contribution in [2.75, 3.05) is 6.61 Å². The van der Waals surface area contributed by atoms with E-state index in [1.54, 1.807) is 0 Å². The summed E-state index contributed by atoms with van der Waals surface area (Å²) in [6.07, 6.45) is -1.06. The van der Waals surface area contributed by atoms with Gasteiger partial charge in [-0.1, -0.05) is 13.8 Å². The maximum atomic E-state index is 12.2. The maximum Gasteiger partial charge on any atom is 0.543 e. The molecule has 0 spiro atoms. The van der Waals surface area contributed by atoms with E-state index in [1.807, 2.05) is 48.5 Å². The van der Waals surface area contributed by atoms with E-state index in [2.05, 4.69) is 14.8 Å². The Hall–Kier alpha value is -2.08. The van der Waals surface area contributed by atoms with E-state index in [-0.39, 0.29) is 12.5 Å². The lowest BCUT2D eigenvalue weighted by Gasteiger charge is -2.16. The van der Waals surface area contributed by atoms with E-state index < -0.39 is 12.1 Å². The lowest BCUT2D eigenvalue weighted by molar-refractivity contribution is -0.452. The van der Waals surface area contributed by atoms with Crippen LogP contribution in [0.5, 0.6) is 0 Å². The molecule has 0 amide bonds. The SMILES string of the molecule is Cc1c(C)c(C)c(C(=O)OOOC(=O)OCC(C)C)c(C)c1C. The maximum absolute atomic E-state index is 12.2. The molecule has 0 radical (unpaired) electrons. The highest BCUT2D eigenvalue weighted by Crippen LogP contribution is 2.26. The molecule has 6 nitrogen and oxygen atoms in total. The van der Waals surface area contributed by atoms with Crippen LogP contribution in [-0.2, 0) is 19.6 Å².